The molecule has 1 unspecified atom stereocenters. The number of amides is 1. The topological polar surface area (TPSA) is 48.5 Å². The third-order valence-corrected chi connectivity index (χ3v) is 4.12. The van der Waals surface area contributed by atoms with E-state index < -0.39 is 0 Å². The second-order valence-corrected chi connectivity index (χ2v) is 5.81. The Morgan fingerprint density at radius 1 is 1.57 bits per heavy atom. The van der Waals surface area contributed by atoms with Gasteiger partial charge in [0.2, 0.25) is 0 Å². The molecule has 0 bridgehead atoms. The smallest absolute Gasteiger partial charge is 0.255 e. The van der Waals surface area contributed by atoms with Crippen LogP contribution in [-0.4, -0.2) is 60.5 Å². The summed E-state index contributed by atoms with van der Waals surface area (Å²) < 4.78 is 0. The first-order valence-corrected chi connectivity index (χ1v) is 7.77. The van der Waals surface area contributed by atoms with E-state index in [2.05, 4.69) is 29.2 Å². The van der Waals surface area contributed by atoms with E-state index in [0.29, 0.717) is 11.6 Å². The largest absolute Gasteiger partial charge is 0.383 e. The van der Waals surface area contributed by atoms with Gasteiger partial charge in [-0.1, -0.05) is 6.92 Å². The summed E-state index contributed by atoms with van der Waals surface area (Å²) in [5.74, 6) is 0.0660. The summed E-state index contributed by atoms with van der Waals surface area (Å²) in [7, 11) is 4.02. The van der Waals surface area contributed by atoms with Crippen LogP contribution in [0.2, 0.25) is 0 Å². The zero-order chi connectivity index (χ0) is 15.2. The number of nitrogens with one attached hydrogen (secondary N) is 1. The molecule has 1 fully saturated rings. The Hall–Kier alpha value is -1.62. The molecule has 2 rings (SSSR count). The first kappa shape index (κ1) is 15.8. The van der Waals surface area contributed by atoms with Gasteiger partial charge in [0.1, 0.15) is 0 Å². The van der Waals surface area contributed by atoms with Crippen LogP contribution in [0.4, 0.5) is 5.69 Å². The molecule has 1 atom stereocenters. The molecule has 1 saturated heterocycles. The fourth-order valence-electron chi connectivity index (χ4n) is 2.80. The summed E-state index contributed by atoms with van der Waals surface area (Å²) >= 11 is 0. The monoisotopic (exact) mass is 290 g/mol. The lowest BCUT2D eigenvalue weighted by Crippen LogP contribution is -2.39. The average molecular weight is 290 g/mol. The van der Waals surface area contributed by atoms with E-state index in [1.165, 1.54) is 12.8 Å². The van der Waals surface area contributed by atoms with Crippen LogP contribution in [0.1, 0.15) is 36.5 Å². The van der Waals surface area contributed by atoms with Gasteiger partial charge in [0.15, 0.2) is 0 Å². The maximum absolute atomic E-state index is 12.7. The van der Waals surface area contributed by atoms with Crippen LogP contribution in [0.25, 0.3) is 0 Å². The van der Waals surface area contributed by atoms with Crippen LogP contribution in [0.3, 0.4) is 0 Å². The number of aromatic nitrogens is 1. The van der Waals surface area contributed by atoms with Gasteiger partial charge in [0.05, 0.1) is 17.4 Å². The zero-order valence-corrected chi connectivity index (χ0v) is 13.3. The first-order chi connectivity index (χ1) is 10.1. The summed E-state index contributed by atoms with van der Waals surface area (Å²) in [5.41, 5.74) is 1.54. The molecule has 1 amide bonds. The van der Waals surface area contributed by atoms with E-state index in [9.17, 15) is 4.79 Å². The first-order valence-electron chi connectivity index (χ1n) is 7.77. The molecule has 5 nitrogen and oxygen atoms in total. The molecule has 0 spiro atoms. The highest BCUT2D eigenvalue weighted by molar-refractivity contribution is 5.99. The van der Waals surface area contributed by atoms with Crippen LogP contribution < -0.4 is 5.32 Å². The van der Waals surface area contributed by atoms with E-state index in [1.54, 1.807) is 18.5 Å². The van der Waals surface area contributed by atoms with Crippen molar-refractivity contribution in [1.29, 1.82) is 0 Å². The Kier molecular flexibility index (Phi) is 5.56. The van der Waals surface area contributed by atoms with Gasteiger partial charge < -0.3 is 15.1 Å². The standard InChI is InChI=1S/C16H26N4O/c1-4-8-18-15-11-17-9-7-14(15)16(21)20(3)12-13-6-5-10-19(13)2/h7,9,11,13,18H,4-6,8,10,12H2,1-3H3. The molecule has 2 heterocycles. The molecular formula is C16H26N4O. The lowest BCUT2D eigenvalue weighted by atomic mass is 10.1. The van der Waals surface area contributed by atoms with Gasteiger partial charge in [-0.3, -0.25) is 9.78 Å². The second-order valence-electron chi connectivity index (χ2n) is 5.81. The van der Waals surface area contributed by atoms with Gasteiger partial charge in [-0.05, 0) is 38.9 Å². The molecule has 21 heavy (non-hydrogen) atoms. The molecule has 1 aliphatic heterocycles. The van der Waals surface area contributed by atoms with Crippen molar-refractivity contribution >= 4 is 11.6 Å². The molecule has 0 aromatic carbocycles. The number of carbonyl (C=O) groups excluding carboxylic acids is 1. The average Bonchev–Trinajstić information content (AvgIpc) is 2.90. The molecule has 1 aliphatic rings. The molecule has 116 valence electrons. The van der Waals surface area contributed by atoms with Crippen molar-refractivity contribution < 1.29 is 4.79 Å². The van der Waals surface area contributed by atoms with Crippen molar-refractivity contribution in [3.05, 3.63) is 24.0 Å². The lowest BCUT2D eigenvalue weighted by Gasteiger charge is -2.26. The molecule has 0 saturated carbocycles. The Bertz CT molecular complexity index is 477. The molecule has 0 radical (unpaired) electrons. The Morgan fingerprint density at radius 2 is 2.38 bits per heavy atom. The van der Waals surface area contributed by atoms with E-state index in [-0.39, 0.29) is 5.91 Å². The second kappa shape index (κ2) is 7.41. The minimum absolute atomic E-state index is 0.0660. The minimum Gasteiger partial charge on any atom is -0.383 e. The fraction of sp³-hybridized carbons (Fsp3) is 0.625. The van der Waals surface area contributed by atoms with Gasteiger partial charge in [0.25, 0.3) is 5.91 Å². The van der Waals surface area contributed by atoms with Crippen molar-refractivity contribution in [2.45, 2.75) is 32.2 Å². The zero-order valence-electron chi connectivity index (χ0n) is 13.3. The quantitative estimate of drug-likeness (QED) is 0.871. The lowest BCUT2D eigenvalue weighted by molar-refractivity contribution is 0.0762. The predicted molar refractivity (Wildman–Crippen MR) is 85.6 cm³/mol. The Balaban J connectivity index is 2.04. The number of rotatable bonds is 6. The number of nitrogens with zero attached hydrogens (tertiary/aromatic N) is 3. The van der Waals surface area contributed by atoms with Crippen molar-refractivity contribution in [2.75, 3.05) is 39.0 Å². The van der Waals surface area contributed by atoms with Crippen LogP contribution in [0.15, 0.2) is 18.5 Å². The molecular weight excluding hydrogens is 264 g/mol. The number of carbonyl (C=O) groups is 1. The maximum atomic E-state index is 12.7. The van der Waals surface area contributed by atoms with E-state index in [4.69, 9.17) is 0 Å². The molecule has 1 N–H and O–H groups in total. The van der Waals surface area contributed by atoms with Gasteiger partial charge >= 0.3 is 0 Å². The van der Waals surface area contributed by atoms with Gasteiger partial charge in [-0.25, -0.2) is 0 Å². The molecule has 5 heteroatoms. The summed E-state index contributed by atoms with van der Waals surface area (Å²) in [6, 6.07) is 2.28. The molecule has 1 aromatic rings. The number of pyridine rings is 1. The third-order valence-electron chi connectivity index (χ3n) is 4.12. The van der Waals surface area contributed by atoms with E-state index in [1.807, 2.05) is 11.9 Å². The molecule has 1 aromatic heterocycles. The van der Waals surface area contributed by atoms with Crippen molar-refractivity contribution in [3.63, 3.8) is 0 Å². The minimum atomic E-state index is 0.0660. The normalized spacial score (nSPS) is 18.7. The maximum Gasteiger partial charge on any atom is 0.255 e. The number of likely N-dealkylation sites (N-methyl/N-ethyl adjacent to an activating group) is 2. The number of hydrogen-bond acceptors (Lipinski definition) is 4. The highest BCUT2D eigenvalue weighted by atomic mass is 16.2. The predicted octanol–water partition coefficient (Wildman–Crippen LogP) is 2.07. The van der Waals surface area contributed by atoms with Crippen molar-refractivity contribution in [2.24, 2.45) is 0 Å². The number of likely N-dealkylation sites (tertiary alicyclic amines) is 1. The SMILES string of the molecule is CCCNc1cnccc1C(=O)N(C)CC1CCCN1C. The Labute approximate surface area is 127 Å². The van der Waals surface area contributed by atoms with Crippen molar-refractivity contribution in [3.8, 4) is 0 Å². The molecule has 0 aliphatic carbocycles. The van der Waals surface area contributed by atoms with Crippen LogP contribution in [-0.2, 0) is 0 Å². The summed E-state index contributed by atoms with van der Waals surface area (Å²) in [4.78, 5) is 20.9. The third kappa shape index (κ3) is 3.94. The summed E-state index contributed by atoms with van der Waals surface area (Å²) in [6.07, 6.45) is 6.83. The van der Waals surface area contributed by atoms with Crippen LogP contribution in [0, 0.1) is 0 Å². The van der Waals surface area contributed by atoms with Crippen LogP contribution >= 0.6 is 0 Å². The van der Waals surface area contributed by atoms with Crippen molar-refractivity contribution in [1.82, 2.24) is 14.8 Å². The van der Waals surface area contributed by atoms with Crippen LogP contribution in [0.5, 0.6) is 0 Å². The van der Waals surface area contributed by atoms with E-state index >= 15 is 0 Å². The highest BCUT2D eigenvalue weighted by Gasteiger charge is 2.25. The summed E-state index contributed by atoms with van der Waals surface area (Å²) in [6.45, 7) is 4.87. The fourth-order valence-corrected chi connectivity index (χ4v) is 2.80. The highest BCUT2D eigenvalue weighted by Crippen LogP contribution is 2.19. The van der Waals surface area contributed by atoms with E-state index in [0.717, 1.165) is 31.7 Å². The number of anilines is 1. The van der Waals surface area contributed by atoms with Gasteiger partial charge in [-0.2, -0.15) is 0 Å². The van der Waals surface area contributed by atoms with Gasteiger partial charge in [0, 0.05) is 32.4 Å². The van der Waals surface area contributed by atoms with Gasteiger partial charge in [-0.15, -0.1) is 0 Å². The number of hydrogen-bond donors (Lipinski definition) is 1. The summed E-state index contributed by atoms with van der Waals surface area (Å²) in [5, 5.41) is 3.28. The Morgan fingerprint density at radius 3 is 3.05 bits per heavy atom.